The predicted octanol–water partition coefficient (Wildman–Crippen LogP) is 4.83. The number of amides is 2. The molecule has 3 rings (SSSR count). The van der Waals surface area contributed by atoms with E-state index in [1.54, 1.807) is 30.3 Å². The van der Waals surface area contributed by atoms with Crippen molar-refractivity contribution < 1.29 is 14.3 Å². The molecule has 0 spiro atoms. The molecule has 3 aromatic rings. The molecule has 29 heavy (non-hydrogen) atoms. The Morgan fingerprint density at radius 1 is 0.862 bits per heavy atom. The molecule has 2 amide bonds. The van der Waals surface area contributed by atoms with Gasteiger partial charge in [0.2, 0.25) is 0 Å². The van der Waals surface area contributed by atoms with Gasteiger partial charge in [0.15, 0.2) is 6.61 Å². The molecule has 0 unspecified atom stereocenters. The highest BCUT2D eigenvalue weighted by atomic mass is 16.5. The van der Waals surface area contributed by atoms with Gasteiger partial charge in [0, 0.05) is 16.9 Å². The Balaban J connectivity index is 1.56. The largest absolute Gasteiger partial charge is 0.484 e. The number of ether oxygens (including phenoxy) is 1. The fourth-order valence-electron chi connectivity index (χ4n) is 2.87. The van der Waals surface area contributed by atoms with Gasteiger partial charge >= 0.3 is 0 Å². The van der Waals surface area contributed by atoms with Crippen LogP contribution in [0.4, 0.5) is 11.4 Å². The van der Waals surface area contributed by atoms with E-state index < -0.39 is 0 Å². The van der Waals surface area contributed by atoms with Crippen molar-refractivity contribution in [3.63, 3.8) is 0 Å². The summed E-state index contributed by atoms with van der Waals surface area (Å²) in [6.07, 6.45) is 0.956. The third kappa shape index (κ3) is 5.69. The van der Waals surface area contributed by atoms with Gasteiger partial charge in [-0.25, -0.2) is 0 Å². The van der Waals surface area contributed by atoms with Crippen LogP contribution in [0.1, 0.15) is 28.4 Å². The summed E-state index contributed by atoms with van der Waals surface area (Å²) in [7, 11) is 0. The number of carbonyl (C=O) groups excluding carboxylic acids is 2. The summed E-state index contributed by atoms with van der Waals surface area (Å²) in [4.78, 5) is 24.6. The van der Waals surface area contributed by atoms with Gasteiger partial charge in [-0.3, -0.25) is 9.59 Å². The SMILES string of the molecule is CCc1ccc(OCC(=O)Nc2cccc(NC(=O)c3ccccc3C)c2)cc1. The Labute approximate surface area is 170 Å². The zero-order valence-corrected chi connectivity index (χ0v) is 16.6. The molecule has 0 aromatic heterocycles. The first kappa shape index (κ1) is 20.1. The molecule has 0 bridgehead atoms. The monoisotopic (exact) mass is 388 g/mol. The van der Waals surface area contributed by atoms with Gasteiger partial charge in [-0.15, -0.1) is 0 Å². The van der Waals surface area contributed by atoms with Crippen molar-refractivity contribution in [1.82, 2.24) is 0 Å². The summed E-state index contributed by atoms with van der Waals surface area (Å²) in [5.41, 5.74) is 3.92. The first-order valence-corrected chi connectivity index (χ1v) is 9.54. The van der Waals surface area contributed by atoms with E-state index in [0.717, 1.165) is 12.0 Å². The van der Waals surface area contributed by atoms with Gasteiger partial charge in [0.1, 0.15) is 5.75 Å². The molecular formula is C24H24N2O3. The topological polar surface area (TPSA) is 67.4 Å². The highest BCUT2D eigenvalue weighted by Gasteiger charge is 2.10. The Morgan fingerprint density at radius 3 is 2.24 bits per heavy atom. The highest BCUT2D eigenvalue weighted by Crippen LogP contribution is 2.18. The van der Waals surface area contributed by atoms with Crippen molar-refractivity contribution in [2.45, 2.75) is 20.3 Å². The van der Waals surface area contributed by atoms with Gasteiger partial charge in [-0.2, -0.15) is 0 Å². The molecule has 0 aliphatic rings. The molecule has 5 heteroatoms. The number of rotatable bonds is 7. The van der Waals surface area contributed by atoms with Crippen LogP contribution < -0.4 is 15.4 Å². The van der Waals surface area contributed by atoms with Gasteiger partial charge in [0.25, 0.3) is 11.8 Å². The summed E-state index contributed by atoms with van der Waals surface area (Å²) < 4.78 is 5.52. The van der Waals surface area contributed by atoms with Crippen molar-refractivity contribution in [2.75, 3.05) is 17.2 Å². The second-order valence-corrected chi connectivity index (χ2v) is 6.68. The van der Waals surface area contributed by atoms with Crippen LogP contribution in [0.3, 0.4) is 0 Å². The van der Waals surface area contributed by atoms with Crippen molar-refractivity contribution in [3.8, 4) is 5.75 Å². The molecule has 0 atom stereocenters. The number of carbonyl (C=O) groups is 2. The van der Waals surface area contributed by atoms with Crippen LogP contribution in [-0.2, 0) is 11.2 Å². The molecule has 3 aromatic carbocycles. The minimum atomic E-state index is -0.271. The number of hydrogen-bond acceptors (Lipinski definition) is 3. The van der Waals surface area contributed by atoms with E-state index in [9.17, 15) is 9.59 Å². The van der Waals surface area contributed by atoms with Crippen LogP contribution in [0, 0.1) is 6.92 Å². The predicted molar refractivity (Wildman–Crippen MR) is 116 cm³/mol. The van der Waals surface area contributed by atoms with Crippen molar-refractivity contribution >= 4 is 23.2 Å². The maximum absolute atomic E-state index is 12.5. The fourth-order valence-corrected chi connectivity index (χ4v) is 2.87. The van der Waals surface area contributed by atoms with Crippen LogP contribution in [-0.4, -0.2) is 18.4 Å². The Bertz CT molecular complexity index is 997. The first-order valence-electron chi connectivity index (χ1n) is 9.54. The zero-order chi connectivity index (χ0) is 20.6. The van der Waals surface area contributed by atoms with Crippen LogP contribution in [0.25, 0.3) is 0 Å². The first-order chi connectivity index (χ1) is 14.0. The van der Waals surface area contributed by atoms with Crippen molar-refractivity contribution in [2.24, 2.45) is 0 Å². The van der Waals surface area contributed by atoms with Gasteiger partial charge in [-0.1, -0.05) is 43.3 Å². The van der Waals surface area contributed by atoms with E-state index in [0.29, 0.717) is 22.7 Å². The molecule has 0 saturated heterocycles. The van der Waals surface area contributed by atoms with Crippen molar-refractivity contribution in [3.05, 3.63) is 89.5 Å². The maximum Gasteiger partial charge on any atom is 0.262 e. The Kier molecular flexibility index (Phi) is 6.63. The van der Waals surface area contributed by atoms with E-state index >= 15 is 0 Å². The van der Waals surface area contributed by atoms with E-state index in [-0.39, 0.29) is 18.4 Å². The van der Waals surface area contributed by atoms with Crippen LogP contribution in [0.2, 0.25) is 0 Å². The molecule has 0 radical (unpaired) electrons. The van der Waals surface area contributed by atoms with E-state index in [2.05, 4.69) is 17.6 Å². The lowest BCUT2D eigenvalue weighted by atomic mass is 10.1. The lowest BCUT2D eigenvalue weighted by Gasteiger charge is -2.11. The second-order valence-electron chi connectivity index (χ2n) is 6.68. The van der Waals surface area contributed by atoms with Gasteiger partial charge < -0.3 is 15.4 Å². The molecule has 0 aliphatic carbocycles. The van der Waals surface area contributed by atoms with E-state index in [1.165, 1.54) is 5.56 Å². The Hall–Kier alpha value is -3.60. The molecule has 5 nitrogen and oxygen atoms in total. The lowest BCUT2D eigenvalue weighted by molar-refractivity contribution is -0.118. The summed E-state index contributed by atoms with van der Waals surface area (Å²) >= 11 is 0. The van der Waals surface area contributed by atoms with E-state index in [1.807, 2.05) is 49.4 Å². The van der Waals surface area contributed by atoms with Crippen LogP contribution in [0.15, 0.2) is 72.8 Å². The molecular weight excluding hydrogens is 364 g/mol. The number of anilines is 2. The van der Waals surface area contributed by atoms with Crippen molar-refractivity contribution in [1.29, 1.82) is 0 Å². The fraction of sp³-hybridized carbons (Fsp3) is 0.167. The third-order valence-corrected chi connectivity index (χ3v) is 4.50. The third-order valence-electron chi connectivity index (χ3n) is 4.50. The van der Waals surface area contributed by atoms with Gasteiger partial charge in [-0.05, 0) is 60.9 Å². The molecule has 0 fully saturated rings. The standard InChI is InChI=1S/C24H24N2O3/c1-3-18-11-13-21(14-12-18)29-16-23(27)25-19-8-6-9-20(15-19)26-24(28)22-10-5-4-7-17(22)2/h4-15H,3,16H2,1-2H3,(H,25,27)(H,26,28). The maximum atomic E-state index is 12.5. The number of hydrogen-bond donors (Lipinski definition) is 2. The minimum Gasteiger partial charge on any atom is -0.484 e. The summed E-state index contributed by atoms with van der Waals surface area (Å²) in [5, 5.41) is 5.64. The number of aryl methyl sites for hydroxylation is 2. The normalized spacial score (nSPS) is 10.3. The molecule has 0 heterocycles. The summed E-state index contributed by atoms with van der Waals surface area (Å²) in [6, 6.07) is 22.1. The zero-order valence-electron chi connectivity index (χ0n) is 16.6. The second kappa shape index (κ2) is 9.55. The average Bonchev–Trinajstić information content (AvgIpc) is 2.73. The average molecular weight is 388 g/mol. The number of nitrogens with one attached hydrogen (secondary N) is 2. The lowest BCUT2D eigenvalue weighted by Crippen LogP contribution is -2.20. The molecule has 2 N–H and O–H groups in total. The van der Waals surface area contributed by atoms with Crippen LogP contribution in [0.5, 0.6) is 5.75 Å². The van der Waals surface area contributed by atoms with Gasteiger partial charge in [0.05, 0.1) is 0 Å². The number of benzene rings is 3. The van der Waals surface area contributed by atoms with E-state index in [4.69, 9.17) is 4.74 Å². The smallest absolute Gasteiger partial charge is 0.262 e. The highest BCUT2D eigenvalue weighted by molar-refractivity contribution is 6.05. The van der Waals surface area contributed by atoms with Crippen LogP contribution >= 0.6 is 0 Å². The molecule has 0 saturated carbocycles. The minimum absolute atomic E-state index is 0.0920. The summed E-state index contributed by atoms with van der Waals surface area (Å²) in [5.74, 6) is 0.189. The quantitative estimate of drug-likeness (QED) is 0.609. The molecule has 148 valence electrons. The summed E-state index contributed by atoms with van der Waals surface area (Å²) in [6.45, 7) is 3.88. The Morgan fingerprint density at radius 2 is 1.55 bits per heavy atom. The molecule has 0 aliphatic heterocycles.